The zero-order valence-corrected chi connectivity index (χ0v) is 11.9. The van der Waals surface area contributed by atoms with Crippen LogP contribution in [-0.4, -0.2) is 18.1 Å². The van der Waals surface area contributed by atoms with Crippen LogP contribution in [0.2, 0.25) is 0 Å². The zero-order valence-electron chi connectivity index (χ0n) is 11.1. The lowest BCUT2D eigenvalue weighted by atomic mass is 10.2. The van der Waals surface area contributed by atoms with Gasteiger partial charge in [-0.1, -0.05) is 30.7 Å². The summed E-state index contributed by atoms with van der Waals surface area (Å²) < 4.78 is 1.29. The number of rotatable bonds is 6. The molecule has 1 heterocycles. The number of para-hydroxylation sites is 1. The first-order valence-corrected chi connectivity index (χ1v) is 7.32. The van der Waals surface area contributed by atoms with Gasteiger partial charge < -0.3 is 5.32 Å². The minimum atomic E-state index is 0.978. The maximum atomic E-state index is 4.66. The predicted octanol–water partition coefficient (Wildman–Crippen LogP) is 3.78. The highest BCUT2D eigenvalue weighted by Gasteiger charge is 2.03. The SMILES string of the molecule is CCNCC/C=C(/C)Cc1nc2ccccc2s1. The fourth-order valence-electron chi connectivity index (χ4n) is 1.90. The van der Waals surface area contributed by atoms with Crippen LogP contribution < -0.4 is 5.32 Å². The second-order valence-electron chi connectivity index (χ2n) is 4.44. The van der Waals surface area contributed by atoms with E-state index in [4.69, 9.17) is 0 Å². The van der Waals surface area contributed by atoms with Crippen molar-refractivity contribution in [2.24, 2.45) is 0 Å². The molecule has 0 aliphatic rings. The molecule has 3 heteroatoms. The summed E-state index contributed by atoms with van der Waals surface area (Å²) in [6, 6.07) is 8.34. The fourth-order valence-corrected chi connectivity index (χ4v) is 2.97. The topological polar surface area (TPSA) is 24.9 Å². The Balaban J connectivity index is 1.96. The fraction of sp³-hybridized carbons (Fsp3) is 0.400. The number of hydrogen-bond donors (Lipinski definition) is 1. The van der Waals surface area contributed by atoms with E-state index in [0.717, 1.165) is 31.4 Å². The molecule has 2 nitrogen and oxygen atoms in total. The summed E-state index contributed by atoms with van der Waals surface area (Å²) in [4.78, 5) is 4.66. The summed E-state index contributed by atoms with van der Waals surface area (Å²) in [5.41, 5.74) is 2.53. The quantitative estimate of drug-likeness (QED) is 0.631. The van der Waals surface area contributed by atoms with Crippen LogP contribution in [0.3, 0.4) is 0 Å². The molecule has 0 aliphatic heterocycles. The van der Waals surface area contributed by atoms with Gasteiger partial charge >= 0.3 is 0 Å². The van der Waals surface area contributed by atoms with Crippen molar-refractivity contribution in [3.05, 3.63) is 40.9 Å². The van der Waals surface area contributed by atoms with Crippen LogP contribution in [0, 0.1) is 0 Å². The molecule has 1 aromatic heterocycles. The van der Waals surface area contributed by atoms with Crippen molar-refractivity contribution in [1.29, 1.82) is 0 Å². The van der Waals surface area contributed by atoms with E-state index in [1.165, 1.54) is 15.3 Å². The third-order valence-corrected chi connectivity index (χ3v) is 3.87. The second kappa shape index (κ2) is 6.66. The average Bonchev–Trinajstić information content (AvgIpc) is 2.76. The van der Waals surface area contributed by atoms with Crippen LogP contribution in [0.15, 0.2) is 35.9 Å². The van der Waals surface area contributed by atoms with Crippen molar-refractivity contribution in [1.82, 2.24) is 10.3 Å². The van der Waals surface area contributed by atoms with Gasteiger partial charge in [-0.15, -0.1) is 11.3 Å². The van der Waals surface area contributed by atoms with Crippen LogP contribution in [0.5, 0.6) is 0 Å². The number of hydrogen-bond acceptors (Lipinski definition) is 3. The molecule has 0 saturated carbocycles. The number of nitrogens with zero attached hydrogens (tertiary/aromatic N) is 1. The summed E-state index contributed by atoms with van der Waals surface area (Å²) >= 11 is 1.80. The second-order valence-corrected chi connectivity index (χ2v) is 5.56. The first kappa shape index (κ1) is 13.2. The molecule has 2 aromatic rings. The van der Waals surface area contributed by atoms with E-state index in [2.05, 4.69) is 48.4 Å². The van der Waals surface area contributed by atoms with Gasteiger partial charge in [0, 0.05) is 6.42 Å². The van der Waals surface area contributed by atoms with Gasteiger partial charge in [-0.25, -0.2) is 4.98 Å². The Morgan fingerprint density at radius 1 is 1.39 bits per heavy atom. The van der Waals surface area contributed by atoms with E-state index in [1.807, 2.05) is 6.07 Å². The molecule has 0 fully saturated rings. The van der Waals surface area contributed by atoms with E-state index in [1.54, 1.807) is 11.3 Å². The Morgan fingerprint density at radius 3 is 3.00 bits per heavy atom. The molecule has 0 bridgehead atoms. The average molecular weight is 260 g/mol. The minimum Gasteiger partial charge on any atom is -0.317 e. The summed E-state index contributed by atoms with van der Waals surface area (Å²) in [5, 5.41) is 4.55. The predicted molar refractivity (Wildman–Crippen MR) is 80.2 cm³/mol. The Hall–Kier alpha value is -1.19. The molecular weight excluding hydrogens is 240 g/mol. The van der Waals surface area contributed by atoms with Crippen LogP contribution >= 0.6 is 11.3 Å². The van der Waals surface area contributed by atoms with Gasteiger partial charge in [0.1, 0.15) is 0 Å². The number of aromatic nitrogens is 1. The van der Waals surface area contributed by atoms with Crippen molar-refractivity contribution in [2.75, 3.05) is 13.1 Å². The molecule has 1 N–H and O–H groups in total. The van der Waals surface area contributed by atoms with Crippen molar-refractivity contribution >= 4 is 21.6 Å². The molecule has 0 amide bonds. The van der Waals surface area contributed by atoms with Crippen LogP contribution in [-0.2, 0) is 6.42 Å². The summed E-state index contributed by atoms with van der Waals surface area (Å²) in [6.45, 7) is 6.44. The highest BCUT2D eigenvalue weighted by molar-refractivity contribution is 7.18. The molecule has 0 atom stereocenters. The van der Waals surface area contributed by atoms with Gasteiger partial charge in [0.15, 0.2) is 0 Å². The number of benzene rings is 1. The smallest absolute Gasteiger partial charge is 0.0978 e. The first-order chi connectivity index (χ1) is 8.79. The monoisotopic (exact) mass is 260 g/mol. The normalized spacial score (nSPS) is 12.2. The van der Waals surface area contributed by atoms with Gasteiger partial charge in [-0.2, -0.15) is 0 Å². The molecular formula is C15H20N2S. The minimum absolute atomic E-state index is 0.978. The van der Waals surface area contributed by atoms with Crippen molar-refractivity contribution in [3.63, 3.8) is 0 Å². The van der Waals surface area contributed by atoms with Gasteiger partial charge in [-0.3, -0.25) is 0 Å². The molecule has 1 aromatic carbocycles. The van der Waals surface area contributed by atoms with Gasteiger partial charge in [0.25, 0.3) is 0 Å². The maximum absolute atomic E-state index is 4.66. The summed E-state index contributed by atoms with van der Waals surface area (Å²) in [7, 11) is 0. The highest BCUT2D eigenvalue weighted by atomic mass is 32.1. The van der Waals surface area contributed by atoms with E-state index in [-0.39, 0.29) is 0 Å². The Kier molecular flexibility index (Phi) is 4.90. The third-order valence-electron chi connectivity index (χ3n) is 2.83. The zero-order chi connectivity index (χ0) is 12.8. The lowest BCUT2D eigenvalue weighted by Gasteiger charge is -1.99. The third kappa shape index (κ3) is 3.65. The summed E-state index contributed by atoms with van der Waals surface area (Å²) in [6.07, 6.45) is 4.39. The van der Waals surface area contributed by atoms with Crippen LogP contribution in [0.25, 0.3) is 10.2 Å². The molecule has 0 aliphatic carbocycles. The number of fused-ring (bicyclic) bond motifs is 1. The van der Waals surface area contributed by atoms with Crippen molar-refractivity contribution < 1.29 is 0 Å². The number of nitrogens with one attached hydrogen (secondary N) is 1. The standard InChI is InChI=1S/C15H20N2S/c1-3-16-10-6-7-12(2)11-15-17-13-8-4-5-9-14(13)18-15/h4-5,7-9,16H,3,6,10-11H2,1-2H3/b12-7-. The largest absolute Gasteiger partial charge is 0.317 e. The van der Waals surface area contributed by atoms with E-state index in [9.17, 15) is 0 Å². The molecule has 2 rings (SSSR count). The lowest BCUT2D eigenvalue weighted by Crippen LogP contribution is -2.13. The molecule has 96 valence electrons. The Morgan fingerprint density at radius 2 is 2.22 bits per heavy atom. The van der Waals surface area contributed by atoms with Gasteiger partial charge in [0.2, 0.25) is 0 Å². The molecule has 0 radical (unpaired) electrons. The van der Waals surface area contributed by atoms with E-state index < -0.39 is 0 Å². The van der Waals surface area contributed by atoms with Crippen LogP contribution in [0.1, 0.15) is 25.3 Å². The Labute approximate surface area is 113 Å². The van der Waals surface area contributed by atoms with E-state index in [0.29, 0.717) is 0 Å². The first-order valence-electron chi connectivity index (χ1n) is 6.50. The molecule has 0 saturated heterocycles. The summed E-state index contributed by atoms with van der Waals surface area (Å²) in [5.74, 6) is 0. The Bertz CT molecular complexity index is 495. The van der Waals surface area contributed by atoms with Crippen molar-refractivity contribution in [2.45, 2.75) is 26.7 Å². The van der Waals surface area contributed by atoms with Gasteiger partial charge in [-0.05, 0) is 38.6 Å². The molecule has 0 spiro atoms. The van der Waals surface area contributed by atoms with Gasteiger partial charge in [0.05, 0.1) is 15.2 Å². The van der Waals surface area contributed by atoms with Crippen LogP contribution in [0.4, 0.5) is 0 Å². The van der Waals surface area contributed by atoms with Crippen molar-refractivity contribution in [3.8, 4) is 0 Å². The number of thiazole rings is 1. The maximum Gasteiger partial charge on any atom is 0.0978 e. The lowest BCUT2D eigenvalue weighted by molar-refractivity contribution is 0.724. The van der Waals surface area contributed by atoms with E-state index >= 15 is 0 Å². The molecule has 18 heavy (non-hydrogen) atoms. The molecule has 0 unspecified atom stereocenters. The highest BCUT2D eigenvalue weighted by Crippen LogP contribution is 2.23. The number of allylic oxidation sites excluding steroid dienone is 1.